The van der Waals surface area contributed by atoms with Gasteiger partial charge in [0.05, 0.1) is 5.25 Å². The molecule has 2 heterocycles. The zero-order chi connectivity index (χ0) is 11.5. The minimum atomic E-state index is 0.0873. The number of aromatic amines is 1. The van der Waals surface area contributed by atoms with E-state index in [-0.39, 0.29) is 11.2 Å². The Balaban J connectivity index is 1.95. The van der Waals surface area contributed by atoms with E-state index in [4.69, 9.17) is 0 Å². The van der Waals surface area contributed by atoms with Crippen molar-refractivity contribution >= 4 is 23.5 Å². The molecule has 0 bridgehead atoms. The molecule has 2 N–H and O–H groups in total. The van der Waals surface area contributed by atoms with Crippen LogP contribution >= 0.6 is 11.8 Å². The molecular formula is C11H17N3OS. The molecule has 0 saturated carbocycles. The van der Waals surface area contributed by atoms with Gasteiger partial charge in [-0.25, -0.2) is 0 Å². The molecular weight excluding hydrogens is 222 g/mol. The van der Waals surface area contributed by atoms with Crippen molar-refractivity contribution in [2.24, 2.45) is 0 Å². The Hall–Kier alpha value is -0.970. The Kier molecular flexibility index (Phi) is 3.53. The maximum Gasteiger partial charge on any atom is 0.238 e. The van der Waals surface area contributed by atoms with E-state index in [1.807, 2.05) is 6.07 Å². The van der Waals surface area contributed by atoms with Crippen LogP contribution in [0.15, 0.2) is 6.07 Å². The van der Waals surface area contributed by atoms with Crippen molar-refractivity contribution < 1.29 is 4.79 Å². The summed E-state index contributed by atoms with van der Waals surface area (Å²) in [7, 11) is 0. The fourth-order valence-corrected chi connectivity index (χ4v) is 2.85. The molecule has 4 nitrogen and oxygen atoms in total. The first kappa shape index (κ1) is 11.5. The van der Waals surface area contributed by atoms with Gasteiger partial charge in [0.25, 0.3) is 0 Å². The lowest BCUT2D eigenvalue weighted by Crippen LogP contribution is -2.23. The molecule has 1 atom stereocenters. The molecule has 0 aromatic carbocycles. The lowest BCUT2D eigenvalue weighted by atomic mass is 10.1. The summed E-state index contributed by atoms with van der Waals surface area (Å²) in [5.41, 5.74) is 1.05. The molecule has 1 saturated heterocycles. The summed E-state index contributed by atoms with van der Waals surface area (Å²) in [6.45, 7) is 4.18. The van der Waals surface area contributed by atoms with Gasteiger partial charge in [0.2, 0.25) is 5.91 Å². The van der Waals surface area contributed by atoms with E-state index < -0.39 is 0 Å². The molecule has 0 radical (unpaired) electrons. The molecule has 5 heteroatoms. The third-order valence-electron chi connectivity index (χ3n) is 2.69. The van der Waals surface area contributed by atoms with E-state index in [0.29, 0.717) is 11.7 Å². The quantitative estimate of drug-likeness (QED) is 0.851. The van der Waals surface area contributed by atoms with Gasteiger partial charge in [-0.2, -0.15) is 5.10 Å². The maximum atomic E-state index is 11.8. The molecule has 2 rings (SSSR count). The SMILES string of the molecule is CC(C)c1cc(NC(=O)C2CCCS2)n[nH]1. The molecule has 0 spiro atoms. The van der Waals surface area contributed by atoms with Crippen LogP contribution < -0.4 is 5.32 Å². The van der Waals surface area contributed by atoms with E-state index in [1.54, 1.807) is 11.8 Å². The van der Waals surface area contributed by atoms with Crippen molar-refractivity contribution in [1.82, 2.24) is 10.2 Å². The predicted molar refractivity (Wildman–Crippen MR) is 66.8 cm³/mol. The fourth-order valence-electron chi connectivity index (χ4n) is 1.69. The first-order valence-corrected chi connectivity index (χ1v) is 6.69. The number of carbonyl (C=O) groups excluding carboxylic acids is 1. The van der Waals surface area contributed by atoms with Crippen LogP contribution in [-0.2, 0) is 4.79 Å². The Morgan fingerprint density at radius 3 is 3.06 bits per heavy atom. The summed E-state index contributed by atoms with van der Waals surface area (Å²) < 4.78 is 0. The normalized spacial score (nSPS) is 20.3. The van der Waals surface area contributed by atoms with Gasteiger partial charge in [-0.15, -0.1) is 11.8 Å². The third kappa shape index (κ3) is 2.58. The average Bonchev–Trinajstić information content (AvgIpc) is 2.87. The Bertz CT molecular complexity index is 369. The molecule has 1 amide bonds. The summed E-state index contributed by atoms with van der Waals surface area (Å²) in [4.78, 5) is 11.8. The van der Waals surface area contributed by atoms with Gasteiger partial charge in [0, 0.05) is 11.8 Å². The monoisotopic (exact) mass is 239 g/mol. The second-order valence-electron chi connectivity index (χ2n) is 4.35. The highest BCUT2D eigenvalue weighted by atomic mass is 32.2. The van der Waals surface area contributed by atoms with E-state index in [9.17, 15) is 4.79 Å². The number of anilines is 1. The predicted octanol–water partition coefficient (Wildman–Crippen LogP) is 2.37. The smallest absolute Gasteiger partial charge is 0.238 e. The fraction of sp³-hybridized carbons (Fsp3) is 0.636. The van der Waals surface area contributed by atoms with Crippen molar-refractivity contribution in [2.45, 2.75) is 37.9 Å². The highest BCUT2D eigenvalue weighted by Gasteiger charge is 2.23. The maximum absolute atomic E-state index is 11.8. The van der Waals surface area contributed by atoms with Crippen LogP contribution in [0.5, 0.6) is 0 Å². The topological polar surface area (TPSA) is 57.8 Å². The number of thioether (sulfide) groups is 1. The second-order valence-corrected chi connectivity index (χ2v) is 5.66. The van der Waals surface area contributed by atoms with Crippen molar-refractivity contribution in [3.05, 3.63) is 11.8 Å². The minimum Gasteiger partial charge on any atom is -0.308 e. The number of carbonyl (C=O) groups is 1. The summed E-state index contributed by atoms with van der Waals surface area (Å²) >= 11 is 1.73. The Labute approximate surface area is 99.6 Å². The van der Waals surface area contributed by atoms with Crippen molar-refractivity contribution in [3.63, 3.8) is 0 Å². The zero-order valence-corrected chi connectivity index (χ0v) is 10.4. The van der Waals surface area contributed by atoms with E-state index in [0.717, 1.165) is 24.3 Å². The molecule has 1 aromatic heterocycles. The minimum absolute atomic E-state index is 0.0873. The third-order valence-corrected chi connectivity index (χ3v) is 4.07. The first-order valence-electron chi connectivity index (χ1n) is 5.64. The largest absolute Gasteiger partial charge is 0.308 e. The molecule has 16 heavy (non-hydrogen) atoms. The molecule has 1 aliphatic heterocycles. The van der Waals surface area contributed by atoms with Gasteiger partial charge in [-0.05, 0) is 24.5 Å². The van der Waals surface area contributed by atoms with Gasteiger partial charge in [-0.1, -0.05) is 13.8 Å². The number of aromatic nitrogens is 2. The standard InChI is InChI=1S/C11H17N3OS/c1-7(2)8-6-10(14-13-8)12-11(15)9-4-3-5-16-9/h6-7,9H,3-5H2,1-2H3,(H2,12,13,14,15). The summed E-state index contributed by atoms with van der Waals surface area (Å²) in [6.07, 6.45) is 2.12. The molecule has 0 aliphatic carbocycles. The lowest BCUT2D eigenvalue weighted by molar-refractivity contribution is -0.115. The van der Waals surface area contributed by atoms with Crippen LogP contribution in [0.25, 0.3) is 0 Å². The number of amides is 1. The van der Waals surface area contributed by atoms with Crippen molar-refractivity contribution in [1.29, 1.82) is 0 Å². The molecule has 1 fully saturated rings. The van der Waals surface area contributed by atoms with Crippen LogP contribution in [0.2, 0.25) is 0 Å². The number of hydrogen-bond donors (Lipinski definition) is 2. The molecule has 88 valence electrons. The van der Waals surface area contributed by atoms with Gasteiger partial charge in [0.15, 0.2) is 5.82 Å². The highest BCUT2D eigenvalue weighted by Crippen LogP contribution is 2.27. The lowest BCUT2D eigenvalue weighted by Gasteiger charge is -2.06. The first-order chi connectivity index (χ1) is 7.66. The highest BCUT2D eigenvalue weighted by molar-refractivity contribution is 8.00. The van der Waals surface area contributed by atoms with Crippen LogP contribution in [0.4, 0.5) is 5.82 Å². The van der Waals surface area contributed by atoms with E-state index in [1.165, 1.54) is 0 Å². The van der Waals surface area contributed by atoms with Crippen LogP contribution in [0.3, 0.4) is 0 Å². The van der Waals surface area contributed by atoms with Gasteiger partial charge >= 0.3 is 0 Å². The zero-order valence-electron chi connectivity index (χ0n) is 9.62. The Morgan fingerprint density at radius 2 is 2.50 bits per heavy atom. The molecule has 1 unspecified atom stereocenters. The van der Waals surface area contributed by atoms with E-state index >= 15 is 0 Å². The van der Waals surface area contributed by atoms with Crippen LogP contribution in [-0.4, -0.2) is 27.1 Å². The molecule has 1 aliphatic rings. The van der Waals surface area contributed by atoms with E-state index in [2.05, 4.69) is 29.4 Å². The number of nitrogens with one attached hydrogen (secondary N) is 2. The number of rotatable bonds is 3. The van der Waals surface area contributed by atoms with Crippen molar-refractivity contribution in [2.75, 3.05) is 11.1 Å². The number of nitrogens with zero attached hydrogens (tertiary/aromatic N) is 1. The second kappa shape index (κ2) is 4.91. The average molecular weight is 239 g/mol. The van der Waals surface area contributed by atoms with Crippen LogP contribution in [0.1, 0.15) is 38.3 Å². The molecule has 1 aromatic rings. The number of hydrogen-bond acceptors (Lipinski definition) is 3. The summed E-state index contributed by atoms with van der Waals surface area (Å²) in [5, 5.41) is 9.98. The summed E-state index contributed by atoms with van der Waals surface area (Å²) in [6, 6.07) is 1.90. The van der Waals surface area contributed by atoms with Gasteiger partial charge in [0.1, 0.15) is 0 Å². The Morgan fingerprint density at radius 1 is 1.69 bits per heavy atom. The van der Waals surface area contributed by atoms with Gasteiger partial charge in [-0.3, -0.25) is 9.89 Å². The van der Waals surface area contributed by atoms with Crippen LogP contribution in [0, 0.1) is 0 Å². The van der Waals surface area contributed by atoms with Crippen molar-refractivity contribution in [3.8, 4) is 0 Å². The van der Waals surface area contributed by atoms with Gasteiger partial charge < -0.3 is 5.32 Å². The summed E-state index contributed by atoms with van der Waals surface area (Å²) in [5.74, 6) is 2.22. The number of H-pyrrole nitrogens is 1.